The minimum atomic E-state index is -1.17. The van der Waals surface area contributed by atoms with Crippen LogP contribution in [0, 0.1) is 0 Å². The van der Waals surface area contributed by atoms with Crippen LogP contribution in [0.2, 0.25) is 0 Å². The summed E-state index contributed by atoms with van der Waals surface area (Å²) in [6.07, 6.45) is 0.00579. The molecule has 0 unspecified atom stereocenters. The van der Waals surface area contributed by atoms with Crippen molar-refractivity contribution in [1.82, 2.24) is 0 Å². The molecule has 0 aromatic heterocycles. The van der Waals surface area contributed by atoms with Gasteiger partial charge < -0.3 is 20.9 Å². The Balaban J connectivity index is 3.68. The lowest BCUT2D eigenvalue weighted by molar-refractivity contribution is -0.513. The first-order valence-electron chi connectivity index (χ1n) is 2.45. The Morgan fingerprint density at radius 1 is 1.78 bits per heavy atom. The van der Waals surface area contributed by atoms with Crippen LogP contribution in [0.25, 0.3) is 5.53 Å². The summed E-state index contributed by atoms with van der Waals surface area (Å²) in [5, 5.41) is 17.9. The summed E-state index contributed by atoms with van der Waals surface area (Å²) in [6, 6.07) is -1.06. The molecule has 3 N–H and O–H groups in total. The number of aliphatic hydroxyl groups is 1. The predicted octanol–water partition coefficient (Wildman–Crippen LogP) is -2.08. The first-order chi connectivity index (χ1) is 4.22. The van der Waals surface area contributed by atoms with Gasteiger partial charge >= 0.3 is 5.97 Å². The third-order valence-corrected chi connectivity index (χ3v) is 0.872. The van der Waals surface area contributed by atoms with E-state index in [1.807, 2.05) is 0 Å². The SMILES string of the molecule is [N-]=[NH+][C@@H](CCO)C(=O)O. The number of carboxylic acid groups (broad SMARTS) is 1. The molecule has 0 bridgehead atoms. The first-order valence-corrected chi connectivity index (χ1v) is 2.45. The van der Waals surface area contributed by atoms with Crippen LogP contribution in [0.4, 0.5) is 0 Å². The van der Waals surface area contributed by atoms with Gasteiger partial charge in [0.15, 0.2) is 0 Å². The second-order valence-corrected chi connectivity index (χ2v) is 1.53. The normalized spacial score (nSPS) is 12.6. The Morgan fingerprint density at radius 3 is 2.44 bits per heavy atom. The zero-order valence-corrected chi connectivity index (χ0v) is 4.74. The zero-order valence-electron chi connectivity index (χ0n) is 4.74. The predicted molar refractivity (Wildman–Crippen MR) is 27.4 cm³/mol. The van der Waals surface area contributed by atoms with Crippen LogP contribution in [0.15, 0.2) is 0 Å². The van der Waals surface area contributed by atoms with Crippen LogP contribution in [-0.2, 0) is 4.79 Å². The van der Waals surface area contributed by atoms with Gasteiger partial charge in [0.25, 0.3) is 0 Å². The molecule has 52 valence electrons. The highest BCUT2D eigenvalue weighted by Gasteiger charge is 2.16. The molecule has 0 aliphatic rings. The molecule has 0 heterocycles. The summed E-state index contributed by atoms with van der Waals surface area (Å²) in [6.45, 7) is -0.259. The molecule has 0 amide bonds. The summed E-state index contributed by atoms with van der Waals surface area (Å²) in [4.78, 5) is 9.99. The number of nitrogens with zero attached hydrogens (tertiary/aromatic N) is 1. The minimum absolute atomic E-state index is 0.00579. The second-order valence-electron chi connectivity index (χ2n) is 1.53. The van der Waals surface area contributed by atoms with Gasteiger partial charge in [0.05, 0.1) is 0 Å². The fourth-order valence-corrected chi connectivity index (χ4v) is 0.372. The average Bonchev–Trinajstić information content (AvgIpc) is 1.82. The van der Waals surface area contributed by atoms with Crippen LogP contribution in [0.3, 0.4) is 0 Å². The molecular formula is C4H8N2O3. The lowest BCUT2D eigenvalue weighted by atomic mass is 10.2. The molecule has 0 saturated heterocycles. The summed E-state index contributed by atoms with van der Waals surface area (Å²) in [7, 11) is 0. The number of rotatable bonds is 4. The number of nitrogens with one attached hydrogen (secondary N) is 1. The molecule has 0 aromatic rings. The number of hydrogen-bond donors (Lipinski definition) is 3. The molecule has 5 heteroatoms. The van der Waals surface area contributed by atoms with Gasteiger partial charge in [0, 0.05) is 13.0 Å². The maximum absolute atomic E-state index is 9.99. The van der Waals surface area contributed by atoms with Gasteiger partial charge in [0.1, 0.15) is 0 Å². The van der Waals surface area contributed by atoms with Gasteiger partial charge in [-0.1, -0.05) is 0 Å². The quantitative estimate of drug-likeness (QED) is 0.383. The number of hydrogen-bond acceptors (Lipinski definition) is 2. The van der Waals surface area contributed by atoms with Gasteiger partial charge in [-0.3, -0.25) is 0 Å². The Kier molecular flexibility index (Phi) is 3.54. The minimum Gasteiger partial charge on any atom is -0.508 e. The van der Waals surface area contributed by atoms with Crippen molar-refractivity contribution < 1.29 is 20.1 Å². The lowest BCUT2D eigenvalue weighted by Gasteiger charge is -1.98. The van der Waals surface area contributed by atoms with Crippen LogP contribution >= 0.6 is 0 Å². The first kappa shape index (κ1) is 8.03. The summed E-state index contributed by atoms with van der Waals surface area (Å²) >= 11 is 0. The Bertz CT molecular complexity index is 114. The Hall–Kier alpha value is -0.970. The van der Waals surface area contributed by atoms with E-state index in [0.717, 1.165) is 0 Å². The molecule has 0 spiro atoms. The van der Waals surface area contributed by atoms with Crippen LogP contribution < -0.4 is 5.11 Å². The smallest absolute Gasteiger partial charge is 0.372 e. The van der Waals surface area contributed by atoms with E-state index in [-0.39, 0.29) is 13.0 Å². The highest BCUT2D eigenvalue weighted by Crippen LogP contribution is 1.81. The molecule has 0 radical (unpaired) electrons. The fraction of sp³-hybridized carbons (Fsp3) is 0.750. The Labute approximate surface area is 51.8 Å². The molecule has 9 heavy (non-hydrogen) atoms. The maximum Gasteiger partial charge on any atom is 0.372 e. The largest absolute Gasteiger partial charge is 0.508 e. The second kappa shape index (κ2) is 3.96. The van der Waals surface area contributed by atoms with Crippen molar-refractivity contribution >= 4 is 5.97 Å². The van der Waals surface area contributed by atoms with Crippen molar-refractivity contribution in [1.29, 1.82) is 0 Å². The highest BCUT2D eigenvalue weighted by atomic mass is 16.4. The molecule has 5 nitrogen and oxygen atoms in total. The lowest BCUT2D eigenvalue weighted by Crippen LogP contribution is -2.74. The summed E-state index contributed by atoms with van der Waals surface area (Å²) in [5.74, 6) is -1.17. The van der Waals surface area contributed by atoms with Gasteiger partial charge in [-0.25, -0.2) is 4.79 Å². The third kappa shape index (κ3) is 2.76. The van der Waals surface area contributed by atoms with E-state index in [4.69, 9.17) is 15.7 Å². The molecule has 0 aliphatic heterocycles. The molecular weight excluding hydrogens is 124 g/mol. The number of carbonyl (C=O) groups is 1. The van der Waals surface area contributed by atoms with Crippen LogP contribution in [0.5, 0.6) is 0 Å². The van der Waals surface area contributed by atoms with E-state index < -0.39 is 12.0 Å². The number of aliphatic carboxylic acids is 1. The van der Waals surface area contributed by atoms with E-state index in [2.05, 4.69) is 0 Å². The standard InChI is InChI=1S/C4H8N2O3/c5-6-3(1-2-7)4(8)9/h3,6-7H,1-2H2,(H,8,9)/t3-/m0/s1. The van der Waals surface area contributed by atoms with E-state index >= 15 is 0 Å². The fourth-order valence-electron chi connectivity index (χ4n) is 0.372. The van der Waals surface area contributed by atoms with Crippen molar-refractivity contribution in [3.05, 3.63) is 5.53 Å². The zero-order chi connectivity index (χ0) is 7.28. The van der Waals surface area contributed by atoms with Gasteiger partial charge in [-0.05, 0) is 0 Å². The maximum atomic E-state index is 9.99. The molecule has 0 saturated carbocycles. The van der Waals surface area contributed by atoms with Crippen LogP contribution in [0.1, 0.15) is 6.42 Å². The van der Waals surface area contributed by atoms with Gasteiger partial charge in [-0.15, -0.1) is 0 Å². The average molecular weight is 132 g/mol. The molecule has 0 rings (SSSR count). The molecule has 0 aliphatic carbocycles. The van der Waals surface area contributed by atoms with Crippen molar-refractivity contribution in [2.45, 2.75) is 12.5 Å². The molecule has 0 fully saturated rings. The van der Waals surface area contributed by atoms with Crippen LogP contribution in [-0.4, -0.2) is 28.8 Å². The number of aliphatic hydroxyl groups excluding tert-OH is 1. The number of carboxylic acids is 1. The molecule has 1 atom stereocenters. The Morgan fingerprint density at radius 2 is 2.33 bits per heavy atom. The summed E-state index contributed by atoms with van der Waals surface area (Å²) < 4.78 is 0. The van der Waals surface area contributed by atoms with Gasteiger partial charge in [-0.2, -0.15) is 0 Å². The monoisotopic (exact) mass is 132 g/mol. The van der Waals surface area contributed by atoms with E-state index in [1.165, 1.54) is 0 Å². The van der Waals surface area contributed by atoms with Crippen molar-refractivity contribution in [3.8, 4) is 0 Å². The van der Waals surface area contributed by atoms with Crippen molar-refractivity contribution in [3.63, 3.8) is 0 Å². The van der Waals surface area contributed by atoms with Crippen molar-refractivity contribution in [2.75, 3.05) is 6.61 Å². The van der Waals surface area contributed by atoms with E-state index in [0.29, 0.717) is 0 Å². The van der Waals surface area contributed by atoms with E-state index in [9.17, 15) is 4.79 Å². The highest BCUT2D eigenvalue weighted by molar-refractivity contribution is 5.71. The van der Waals surface area contributed by atoms with Crippen molar-refractivity contribution in [2.24, 2.45) is 0 Å². The molecule has 0 aromatic carbocycles. The topological polar surface area (TPSA) is 93.8 Å². The summed E-state index contributed by atoms with van der Waals surface area (Å²) in [5.41, 5.74) is 8.09. The third-order valence-electron chi connectivity index (χ3n) is 0.872. The van der Waals surface area contributed by atoms with Gasteiger partial charge in [0.2, 0.25) is 6.04 Å². The van der Waals surface area contributed by atoms with E-state index in [1.54, 1.807) is 5.11 Å².